The van der Waals surface area contributed by atoms with Crippen LogP contribution in [0.4, 0.5) is 0 Å². The quantitative estimate of drug-likeness (QED) is 0.599. The Morgan fingerprint density at radius 2 is 2.15 bits per heavy atom. The van der Waals surface area contributed by atoms with Crippen LogP contribution in [-0.4, -0.2) is 43.6 Å². The molecule has 6 atom stereocenters. The average Bonchev–Trinajstić information content (AvgIpc) is 3.01. The van der Waals surface area contributed by atoms with Gasteiger partial charge in [-0.15, -0.1) is 0 Å². The van der Waals surface area contributed by atoms with Gasteiger partial charge in [0.05, 0.1) is 17.3 Å². The first-order chi connectivity index (χ1) is 9.32. The molecule has 1 saturated heterocycles. The Balaban J connectivity index is 1.77. The Bertz CT molecular complexity index is 523. The maximum absolute atomic E-state index is 12.2. The number of hydrogen-bond donors (Lipinski definition) is 1. The maximum atomic E-state index is 12.2. The lowest BCUT2D eigenvalue weighted by atomic mass is 9.88. The molecule has 20 heavy (non-hydrogen) atoms. The summed E-state index contributed by atoms with van der Waals surface area (Å²) in [6.45, 7) is 3.18. The molecule has 6 nitrogen and oxygen atoms in total. The molecule has 0 aromatic carbocycles. The van der Waals surface area contributed by atoms with E-state index in [1.807, 2.05) is 6.92 Å². The molecule has 0 amide bonds. The fourth-order valence-corrected chi connectivity index (χ4v) is 5.51. The molecule has 2 bridgehead atoms. The summed E-state index contributed by atoms with van der Waals surface area (Å²) < 4.78 is 34.3. The second kappa shape index (κ2) is 4.42. The third-order valence-electron chi connectivity index (χ3n) is 5.28. The Labute approximate surface area is 118 Å². The van der Waals surface area contributed by atoms with Crippen molar-refractivity contribution in [3.63, 3.8) is 0 Å². The molecule has 114 valence electrons. The highest BCUT2D eigenvalue weighted by Gasteiger charge is 2.65. The molecule has 0 aromatic heterocycles. The molecule has 0 radical (unpaired) electrons. The Hall–Kier alpha value is -0.660. The first-order valence-electron chi connectivity index (χ1n) is 7.06. The predicted octanol–water partition coefficient (Wildman–Crippen LogP) is 0.444. The summed E-state index contributed by atoms with van der Waals surface area (Å²) in [5.74, 6) is -0.440. The molecule has 1 N–H and O–H groups in total. The second-order valence-electron chi connectivity index (χ2n) is 6.43. The van der Waals surface area contributed by atoms with Crippen molar-refractivity contribution in [3.8, 4) is 0 Å². The Morgan fingerprint density at radius 3 is 2.75 bits per heavy atom. The number of aliphatic hydroxyl groups is 1. The standard InChI is InChI=1S/C13H20O6S/c1-3-13(2,6-14)12(15)18-10-7-4-8-9(5-7)20(16,17)19-11(8)10/h7-11,14H,3-6H2,1-2H3. The molecule has 2 saturated carbocycles. The molecule has 3 fully saturated rings. The van der Waals surface area contributed by atoms with Crippen LogP contribution in [0.25, 0.3) is 0 Å². The van der Waals surface area contributed by atoms with E-state index in [-0.39, 0.29) is 18.4 Å². The van der Waals surface area contributed by atoms with Crippen molar-refractivity contribution in [2.24, 2.45) is 17.3 Å². The number of fused-ring (bicyclic) bond motifs is 1. The molecule has 3 aliphatic rings. The molecule has 1 aliphatic heterocycles. The summed E-state index contributed by atoms with van der Waals surface area (Å²) in [7, 11) is -3.49. The lowest BCUT2D eigenvalue weighted by molar-refractivity contribution is -0.170. The average molecular weight is 304 g/mol. The summed E-state index contributed by atoms with van der Waals surface area (Å²) >= 11 is 0. The highest BCUT2D eigenvalue weighted by atomic mass is 32.2. The summed E-state index contributed by atoms with van der Waals surface area (Å²) in [5, 5.41) is 8.93. The van der Waals surface area contributed by atoms with E-state index < -0.39 is 39.0 Å². The predicted molar refractivity (Wildman–Crippen MR) is 69.2 cm³/mol. The number of ether oxygens (including phenoxy) is 1. The van der Waals surface area contributed by atoms with Crippen LogP contribution in [0.5, 0.6) is 0 Å². The zero-order valence-corrected chi connectivity index (χ0v) is 12.4. The van der Waals surface area contributed by atoms with Crippen molar-refractivity contribution in [3.05, 3.63) is 0 Å². The number of carbonyl (C=O) groups is 1. The minimum absolute atomic E-state index is 0.0372. The van der Waals surface area contributed by atoms with Crippen LogP contribution in [-0.2, 0) is 23.8 Å². The molecule has 6 unspecified atom stereocenters. The normalized spacial score (nSPS) is 43.5. The number of aliphatic hydroxyl groups excluding tert-OH is 1. The monoisotopic (exact) mass is 304 g/mol. The summed E-state index contributed by atoms with van der Waals surface area (Å²) in [6.07, 6.45) is 0.721. The van der Waals surface area contributed by atoms with E-state index in [1.165, 1.54) is 0 Å². The highest BCUT2D eigenvalue weighted by molar-refractivity contribution is 7.87. The lowest BCUT2D eigenvalue weighted by Crippen LogP contribution is -2.42. The molecule has 2 aliphatic carbocycles. The highest BCUT2D eigenvalue weighted by Crippen LogP contribution is 2.55. The Kier molecular flexibility index (Phi) is 3.15. The molecular formula is C13H20O6S. The topological polar surface area (TPSA) is 89.9 Å². The van der Waals surface area contributed by atoms with Gasteiger partial charge >= 0.3 is 5.97 Å². The molecule has 0 aromatic rings. The van der Waals surface area contributed by atoms with Gasteiger partial charge in [0.2, 0.25) is 0 Å². The molecule has 7 heteroatoms. The summed E-state index contributed by atoms with van der Waals surface area (Å²) in [5.41, 5.74) is -0.932. The molecule has 3 rings (SSSR count). The number of rotatable bonds is 4. The van der Waals surface area contributed by atoms with Gasteiger partial charge in [-0.2, -0.15) is 8.42 Å². The maximum Gasteiger partial charge on any atom is 0.314 e. The van der Waals surface area contributed by atoms with Crippen LogP contribution >= 0.6 is 0 Å². The first-order valence-corrected chi connectivity index (χ1v) is 8.53. The summed E-state index contributed by atoms with van der Waals surface area (Å²) in [6, 6.07) is 0. The minimum Gasteiger partial charge on any atom is -0.459 e. The van der Waals surface area contributed by atoms with Crippen molar-refractivity contribution < 1.29 is 27.2 Å². The SMILES string of the molecule is CCC(C)(CO)C(=O)OC1C2CC3C1OS(=O)(=O)C3C2. The fourth-order valence-electron chi connectivity index (χ4n) is 3.63. The number of carbonyl (C=O) groups excluding carboxylic acids is 1. The third-order valence-corrected chi connectivity index (χ3v) is 7.05. The molecular weight excluding hydrogens is 284 g/mol. The third kappa shape index (κ3) is 1.83. The first kappa shape index (κ1) is 14.3. The van der Waals surface area contributed by atoms with Gasteiger partial charge in [-0.05, 0) is 26.2 Å². The van der Waals surface area contributed by atoms with Gasteiger partial charge in [-0.25, -0.2) is 0 Å². The largest absolute Gasteiger partial charge is 0.459 e. The van der Waals surface area contributed by atoms with Crippen LogP contribution in [0.15, 0.2) is 0 Å². The van der Waals surface area contributed by atoms with Gasteiger partial charge in [0.25, 0.3) is 10.1 Å². The zero-order chi connectivity index (χ0) is 14.7. The lowest BCUT2D eigenvalue weighted by Gasteiger charge is -2.30. The van der Waals surface area contributed by atoms with Crippen molar-refractivity contribution in [2.45, 2.75) is 50.6 Å². The number of hydrogen-bond acceptors (Lipinski definition) is 6. The Morgan fingerprint density at radius 1 is 1.45 bits per heavy atom. The van der Waals surface area contributed by atoms with Crippen LogP contribution in [0.1, 0.15) is 33.1 Å². The van der Waals surface area contributed by atoms with E-state index in [0.717, 1.165) is 6.42 Å². The van der Waals surface area contributed by atoms with E-state index >= 15 is 0 Å². The number of esters is 1. The van der Waals surface area contributed by atoms with E-state index in [9.17, 15) is 18.3 Å². The van der Waals surface area contributed by atoms with Crippen molar-refractivity contribution in [2.75, 3.05) is 6.61 Å². The van der Waals surface area contributed by atoms with Crippen LogP contribution in [0.2, 0.25) is 0 Å². The van der Waals surface area contributed by atoms with E-state index in [0.29, 0.717) is 12.8 Å². The zero-order valence-electron chi connectivity index (χ0n) is 11.6. The second-order valence-corrected chi connectivity index (χ2v) is 8.21. The minimum atomic E-state index is -3.49. The van der Waals surface area contributed by atoms with Gasteiger partial charge in [0, 0.05) is 11.8 Å². The van der Waals surface area contributed by atoms with Gasteiger partial charge in [0.1, 0.15) is 12.2 Å². The van der Waals surface area contributed by atoms with Gasteiger partial charge < -0.3 is 9.84 Å². The van der Waals surface area contributed by atoms with Gasteiger partial charge in [-0.3, -0.25) is 8.98 Å². The van der Waals surface area contributed by atoms with Crippen LogP contribution < -0.4 is 0 Å². The van der Waals surface area contributed by atoms with Crippen LogP contribution in [0, 0.1) is 17.3 Å². The van der Waals surface area contributed by atoms with Crippen molar-refractivity contribution >= 4 is 16.1 Å². The fraction of sp³-hybridized carbons (Fsp3) is 0.923. The van der Waals surface area contributed by atoms with E-state index in [1.54, 1.807) is 6.92 Å². The summed E-state index contributed by atoms with van der Waals surface area (Å²) in [4.78, 5) is 12.2. The van der Waals surface area contributed by atoms with Crippen molar-refractivity contribution in [1.29, 1.82) is 0 Å². The smallest absolute Gasteiger partial charge is 0.314 e. The van der Waals surface area contributed by atoms with Crippen LogP contribution in [0.3, 0.4) is 0 Å². The van der Waals surface area contributed by atoms with E-state index in [2.05, 4.69) is 0 Å². The van der Waals surface area contributed by atoms with Gasteiger partial charge in [-0.1, -0.05) is 6.92 Å². The van der Waals surface area contributed by atoms with Gasteiger partial charge in [0.15, 0.2) is 0 Å². The molecule has 1 heterocycles. The molecule has 0 spiro atoms. The van der Waals surface area contributed by atoms with E-state index in [4.69, 9.17) is 8.92 Å². The van der Waals surface area contributed by atoms with Crippen molar-refractivity contribution in [1.82, 2.24) is 0 Å².